The van der Waals surface area contributed by atoms with Crippen molar-refractivity contribution in [3.05, 3.63) is 24.3 Å². The molecule has 110 valence electrons. The van der Waals surface area contributed by atoms with Crippen LogP contribution in [0.1, 0.15) is 32.1 Å². The zero-order valence-corrected chi connectivity index (χ0v) is 12.2. The Kier molecular flexibility index (Phi) is 5.71. The molecule has 20 heavy (non-hydrogen) atoms. The molecule has 1 aromatic carbocycles. The third kappa shape index (κ3) is 4.15. The van der Waals surface area contributed by atoms with Crippen LogP contribution in [0.2, 0.25) is 0 Å². The van der Waals surface area contributed by atoms with Crippen LogP contribution in [0.5, 0.6) is 5.75 Å². The van der Waals surface area contributed by atoms with Crippen LogP contribution in [0.3, 0.4) is 0 Å². The predicted octanol–water partition coefficient (Wildman–Crippen LogP) is 2.90. The fourth-order valence-electron chi connectivity index (χ4n) is 2.57. The number of para-hydroxylation sites is 2. The van der Waals surface area contributed by atoms with Gasteiger partial charge in [0, 0.05) is 13.1 Å². The lowest BCUT2D eigenvalue weighted by Crippen LogP contribution is -2.37. The van der Waals surface area contributed by atoms with Gasteiger partial charge in [0.2, 0.25) is 5.91 Å². The summed E-state index contributed by atoms with van der Waals surface area (Å²) in [5.41, 5.74) is 0.871. The van der Waals surface area contributed by atoms with Crippen LogP contribution >= 0.6 is 0 Å². The molecule has 1 N–H and O–H groups in total. The fourth-order valence-corrected chi connectivity index (χ4v) is 2.57. The number of benzene rings is 1. The number of hydrogen-bond acceptors (Lipinski definition) is 3. The number of ether oxygens (including phenoxy) is 1. The fraction of sp³-hybridized carbons (Fsp3) is 0.562. The molecule has 0 saturated carbocycles. The first-order chi connectivity index (χ1) is 9.81. The van der Waals surface area contributed by atoms with Gasteiger partial charge >= 0.3 is 0 Å². The summed E-state index contributed by atoms with van der Waals surface area (Å²) in [5.74, 6) is 0.950. The molecule has 1 heterocycles. The van der Waals surface area contributed by atoms with Gasteiger partial charge in [-0.3, -0.25) is 4.79 Å². The Morgan fingerprint density at radius 3 is 2.50 bits per heavy atom. The van der Waals surface area contributed by atoms with E-state index in [9.17, 15) is 4.79 Å². The van der Waals surface area contributed by atoms with Crippen LogP contribution in [-0.4, -0.2) is 37.6 Å². The number of likely N-dealkylation sites (tertiary alicyclic amines) is 1. The summed E-state index contributed by atoms with van der Waals surface area (Å²) in [6.45, 7) is 2.12. The molecule has 4 heteroatoms. The zero-order valence-electron chi connectivity index (χ0n) is 12.2. The molecule has 2 rings (SSSR count). The Balaban J connectivity index is 1.87. The summed E-state index contributed by atoms with van der Waals surface area (Å²) < 4.78 is 5.27. The van der Waals surface area contributed by atoms with Gasteiger partial charge in [-0.2, -0.15) is 0 Å². The molecule has 1 fully saturated rings. The summed E-state index contributed by atoms with van der Waals surface area (Å²) in [6, 6.07) is 7.68. The van der Waals surface area contributed by atoms with Gasteiger partial charge in [0.1, 0.15) is 5.75 Å². The third-order valence-electron chi connectivity index (χ3n) is 3.75. The molecule has 1 aromatic rings. The summed E-state index contributed by atoms with van der Waals surface area (Å²) >= 11 is 0. The van der Waals surface area contributed by atoms with Crippen molar-refractivity contribution < 1.29 is 9.53 Å². The highest BCUT2D eigenvalue weighted by atomic mass is 16.5. The van der Waals surface area contributed by atoms with Crippen molar-refractivity contribution in [2.24, 2.45) is 0 Å². The first kappa shape index (κ1) is 14.7. The van der Waals surface area contributed by atoms with Gasteiger partial charge in [-0.15, -0.1) is 0 Å². The van der Waals surface area contributed by atoms with E-state index in [1.54, 1.807) is 7.11 Å². The Bertz CT molecular complexity index is 426. The maximum absolute atomic E-state index is 12.3. The Hall–Kier alpha value is -1.71. The van der Waals surface area contributed by atoms with Crippen LogP contribution in [0.15, 0.2) is 24.3 Å². The predicted molar refractivity (Wildman–Crippen MR) is 81.1 cm³/mol. The van der Waals surface area contributed by atoms with E-state index in [1.165, 1.54) is 19.3 Å². The molecule has 0 aromatic heterocycles. The van der Waals surface area contributed by atoms with Gasteiger partial charge in [-0.25, -0.2) is 0 Å². The van der Waals surface area contributed by atoms with Crippen molar-refractivity contribution >= 4 is 11.6 Å². The molecular formula is C16H24N2O2. The van der Waals surface area contributed by atoms with E-state index < -0.39 is 0 Å². The van der Waals surface area contributed by atoms with Crippen LogP contribution in [0.4, 0.5) is 5.69 Å². The number of amides is 1. The van der Waals surface area contributed by atoms with Gasteiger partial charge in [0.25, 0.3) is 0 Å². The van der Waals surface area contributed by atoms with Gasteiger partial charge in [-0.05, 0) is 25.0 Å². The van der Waals surface area contributed by atoms with Crippen LogP contribution < -0.4 is 10.1 Å². The molecule has 0 aliphatic carbocycles. The standard InChI is InChI=1S/C16H24N2O2/c1-20-15-10-6-5-9-14(15)17-13-16(19)18-11-7-3-2-4-8-12-18/h5-6,9-10,17H,2-4,7-8,11-13H2,1H3. The quantitative estimate of drug-likeness (QED) is 0.919. The minimum absolute atomic E-state index is 0.179. The molecule has 1 amide bonds. The van der Waals surface area contributed by atoms with E-state index in [2.05, 4.69) is 5.32 Å². The molecule has 1 aliphatic rings. The van der Waals surface area contributed by atoms with Crippen LogP contribution in [0, 0.1) is 0 Å². The number of methoxy groups -OCH3 is 1. The molecule has 4 nitrogen and oxygen atoms in total. The first-order valence-electron chi connectivity index (χ1n) is 7.46. The topological polar surface area (TPSA) is 41.6 Å². The summed E-state index contributed by atoms with van der Waals surface area (Å²) in [7, 11) is 1.64. The molecule has 1 saturated heterocycles. The summed E-state index contributed by atoms with van der Waals surface area (Å²) in [5, 5.41) is 3.18. The number of carbonyl (C=O) groups is 1. The Morgan fingerprint density at radius 2 is 1.80 bits per heavy atom. The van der Waals surface area contributed by atoms with Crippen molar-refractivity contribution in [3.8, 4) is 5.75 Å². The summed E-state index contributed by atoms with van der Waals surface area (Å²) in [6.07, 6.45) is 6.04. The average molecular weight is 276 g/mol. The Morgan fingerprint density at radius 1 is 1.15 bits per heavy atom. The smallest absolute Gasteiger partial charge is 0.241 e. The highest BCUT2D eigenvalue weighted by molar-refractivity contribution is 5.81. The van der Waals surface area contributed by atoms with Gasteiger partial charge < -0.3 is 15.0 Å². The van der Waals surface area contributed by atoms with Crippen molar-refractivity contribution in [1.82, 2.24) is 4.90 Å². The number of anilines is 1. The highest BCUT2D eigenvalue weighted by Gasteiger charge is 2.14. The number of rotatable bonds is 4. The van der Waals surface area contributed by atoms with E-state index in [4.69, 9.17) is 4.74 Å². The van der Waals surface area contributed by atoms with Crippen LogP contribution in [0.25, 0.3) is 0 Å². The SMILES string of the molecule is COc1ccccc1NCC(=O)N1CCCCCCC1. The maximum atomic E-state index is 12.3. The monoisotopic (exact) mass is 276 g/mol. The Labute approximate surface area is 121 Å². The van der Waals surface area contributed by atoms with Crippen molar-refractivity contribution in [2.45, 2.75) is 32.1 Å². The van der Waals surface area contributed by atoms with Gasteiger partial charge in [-0.1, -0.05) is 31.4 Å². The van der Waals surface area contributed by atoms with Crippen molar-refractivity contribution in [1.29, 1.82) is 0 Å². The zero-order chi connectivity index (χ0) is 14.2. The molecule has 0 atom stereocenters. The highest BCUT2D eigenvalue weighted by Crippen LogP contribution is 2.22. The molecule has 1 aliphatic heterocycles. The molecule has 0 spiro atoms. The molecular weight excluding hydrogens is 252 g/mol. The van der Waals surface area contributed by atoms with E-state index in [-0.39, 0.29) is 5.91 Å². The van der Waals surface area contributed by atoms with Crippen molar-refractivity contribution in [3.63, 3.8) is 0 Å². The second-order valence-corrected chi connectivity index (χ2v) is 5.20. The molecule has 0 radical (unpaired) electrons. The largest absolute Gasteiger partial charge is 0.495 e. The lowest BCUT2D eigenvalue weighted by atomic mass is 10.1. The van der Waals surface area contributed by atoms with Crippen LogP contribution in [-0.2, 0) is 4.79 Å². The van der Waals surface area contributed by atoms with E-state index in [1.807, 2.05) is 29.2 Å². The molecule has 0 unspecified atom stereocenters. The van der Waals surface area contributed by atoms with E-state index in [0.29, 0.717) is 6.54 Å². The van der Waals surface area contributed by atoms with Gasteiger partial charge in [0.05, 0.1) is 19.3 Å². The second kappa shape index (κ2) is 7.78. The number of nitrogens with one attached hydrogen (secondary N) is 1. The minimum Gasteiger partial charge on any atom is -0.495 e. The van der Waals surface area contributed by atoms with E-state index >= 15 is 0 Å². The normalized spacial score (nSPS) is 16.1. The third-order valence-corrected chi connectivity index (χ3v) is 3.75. The lowest BCUT2D eigenvalue weighted by molar-refractivity contribution is -0.129. The first-order valence-corrected chi connectivity index (χ1v) is 7.46. The number of hydrogen-bond donors (Lipinski definition) is 1. The number of nitrogens with zero attached hydrogens (tertiary/aromatic N) is 1. The minimum atomic E-state index is 0.179. The lowest BCUT2D eigenvalue weighted by Gasteiger charge is -2.25. The van der Waals surface area contributed by atoms with Gasteiger partial charge in [0.15, 0.2) is 0 Å². The number of carbonyl (C=O) groups excluding carboxylic acids is 1. The molecule has 0 bridgehead atoms. The summed E-state index contributed by atoms with van der Waals surface area (Å²) in [4.78, 5) is 14.2. The maximum Gasteiger partial charge on any atom is 0.241 e. The average Bonchev–Trinajstić information content (AvgIpc) is 2.44. The van der Waals surface area contributed by atoms with E-state index in [0.717, 1.165) is 37.4 Å². The second-order valence-electron chi connectivity index (χ2n) is 5.20. The van der Waals surface area contributed by atoms with Crippen molar-refractivity contribution in [2.75, 3.05) is 32.1 Å².